The van der Waals surface area contributed by atoms with Crippen molar-refractivity contribution in [2.75, 3.05) is 19.8 Å². The van der Waals surface area contributed by atoms with E-state index in [0.717, 1.165) is 10.4 Å². The van der Waals surface area contributed by atoms with Crippen LogP contribution >= 0.6 is 11.3 Å². The molecule has 2 N–H and O–H groups in total. The number of hydrogen-bond acceptors (Lipinski definition) is 4. The molecule has 1 rings (SSSR count). The van der Waals surface area contributed by atoms with Gasteiger partial charge in [0.1, 0.15) is 0 Å². The van der Waals surface area contributed by atoms with Gasteiger partial charge in [0.15, 0.2) is 0 Å². The van der Waals surface area contributed by atoms with Gasteiger partial charge in [0.05, 0.1) is 19.8 Å². The van der Waals surface area contributed by atoms with Gasteiger partial charge in [-0.05, 0) is 13.0 Å². The maximum absolute atomic E-state index is 11.5. The Balaban J connectivity index is 2.30. The molecule has 1 aromatic heterocycles. The van der Waals surface area contributed by atoms with E-state index < -0.39 is 0 Å². The molecule has 1 heterocycles. The molecule has 5 heteroatoms. The third-order valence-corrected chi connectivity index (χ3v) is 3.20. The molecule has 19 heavy (non-hydrogen) atoms. The molecule has 0 aliphatic rings. The summed E-state index contributed by atoms with van der Waals surface area (Å²) in [4.78, 5) is 12.5. The van der Waals surface area contributed by atoms with Gasteiger partial charge < -0.3 is 15.2 Å². The first-order valence-electron chi connectivity index (χ1n) is 6.27. The number of aliphatic hydroxyl groups excluding tert-OH is 1. The van der Waals surface area contributed by atoms with E-state index in [4.69, 9.17) is 9.84 Å². The fourth-order valence-electron chi connectivity index (χ4n) is 1.34. The van der Waals surface area contributed by atoms with E-state index in [-0.39, 0.29) is 12.5 Å². The third kappa shape index (κ3) is 6.97. The predicted octanol–water partition coefficient (Wildman–Crippen LogP) is 1.52. The summed E-state index contributed by atoms with van der Waals surface area (Å²) in [6, 6.07) is 1.96. The molecule has 0 saturated heterocycles. The number of amides is 1. The molecule has 4 nitrogen and oxygen atoms in total. The Morgan fingerprint density at radius 1 is 1.58 bits per heavy atom. The normalized spacial score (nSPS) is 9.79. The topological polar surface area (TPSA) is 58.6 Å². The maximum Gasteiger partial charge on any atom is 0.222 e. The second-order valence-electron chi connectivity index (χ2n) is 3.80. The van der Waals surface area contributed by atoms with Crippen LogP contribution in [0.2, 0.25) is 0 Å². The van der Waals surface area contributed by atoms with E-state index in [0.29, 0.717) is 32.6 Å². The molecule has 0 spiro atoms. The van der Waals surface area contributed by atoms with E-state index in [1.54, 1.807) is 11.3 Å². The summed E-state index contributed by atoms with van der Waals surface area (Å²) in [7, 11) is 0. The van der Waals surface area contributed by atoms with Gasteiger partial charge in [0, 0.05) is 35.3 Å². The van der Waals surface area contributed by atoms with Crippen molar-refractivity contribution in [1.29, 1.82) is 0 Å². The van der Waals surface area contributed by atoms with Crippen LogP contribution in [0.15, 0.2) is 11.4 Å². The minimum Gasteiger partial charge on any atom is -0.395 e. The zero-order valence-corrected chi connectivity index (χ0v) is 11.9. The molecule has 0 aliphatic carbocycles. The number of carbonyl (C=O) groups excluding carboxylic acids is 1. The molecule has 0 bridgehead atoms. The van der Waals surface area contributed by atoms with Crippen molar-refractivity contribution in [3.05, 3.63) is 21.9 Å². The first kappa shape index (κ1) is 15.7. The van der Waals surface area contributed by atoms with Gasteiger partial charge in [-0.25, -0.2) is 0 Å². The number of ether oxygens (including phenoxy) is 1. The van der Waals surface area contributed by atoms with Crippen LogP contribution in [0.5, 0.6) is 0 Å². The van der Waals surface area contributed by atoms with Gasteiger partial charge in [0.25, 0.3) is 0 Å². The second kappa shape index (κ2) is 9.56. The average molecular weight is 281 g/mol. The summed E-state index contributed by atoms with van der Waals surface area (Å²) < 4.78 is 5.12. The van der Waals surface area contributed by atoms with Gasteiger partial charge in [0.2, 0.25) is 5.91 Å². The fraction of sp³-hybridized carbons (Fsp3) is 0.500. The maximum atomic E-state index is 11.5. The lowest BCUT2D eigenvalue weighted by atomic mass is 10.3. The van der Waals surface area contributed by atoms with Crippen molar-refractivity contribution in [3.63, 3.8) is 0 Å². The molecule has 0 aliphatic heterocycles. The summed E-state index contributed by atoms with van der Waals surface area (Å²) in [6.45, 7) is 3.61. The van der Waals surface area contributed by atoms with Crippen LogP contribution in [-0.2, 0) is 16.1 Å². The Morgan fingerprint density at radius 2 is 2.42 bits per heavy atom. The quantitative estimate of drug-likeness (QED) is 0.588. The minimum absolute atomic E-state index is 0.00485. The molecule has 0 aromatic carbocycles. The molecule has 0 radical (unpaired) electrons. The molecule has 0 saturated carbocycles. The van der Waals surface area contributed by atoms with Crippen LogP contribution in [-0.4, -0.2) is 30.8 Å². The second-order valence-corrected chi connectivity index (χ2v) is 4.80. The number of aliphatic hydroxyl groups is 1. The first-order valence-corrected chi connectivity index (χ1v) is 7.15. The van der Waals surface area contributed by atoms with Crippen molar-refractivity contribution >= 4 is 17.2 Å². The van der Waals surface area contributed by atoms with Gasteiger partial charge in [-0.3, -0.25) is 4.79 Å². The van der Waals surface area contributed by atoms with Crippen LogP contribution < -0.4 is 5.32 Å². The predicted molar refractivity (Wildman–Crippen MR) is 75.9 cm³/mol. The number of carbonyl (C=O) groups is 1. The van der Waals surface area contributed by atoms with Crippen LogP contribution in [0.4, 0.5) is 0 Å². The summed E-state index contributed by atoms with van der Waals surface area (Å²) in [5.74, 6) is 5.83. The molecule has 1 amide bonds. The number of nitrogens with one attached hydrogen (secondary N) is 1. The molecule has 0 fully saturated rings. The van der Waals surface area contributed by atoms with E-state index in [9.17, 15) is 4.79 Å². The van der Waals surface area contributed by atoms with Crippen LogP contribution in [0.3, 0.4) is 0 Å². The molecule has 104 valence electrons. The van der Waals surface area contributed by atoms with Gasteiger partial charge in [-0.2, -0.15) is 0 Å². The zero-order chi connectivity index (χ0) is 13.9. The van der Waals surface area contributed by atoms with Gasteiger partial charge in [-0.15, -0.1) is 11.3 Å². The number of thiophene rings is 1. The largest absolute Gasteiger partial charge is 0.395 e. The lowest BCUT2D eigenvalue weighted by molar-refractivity contribution is -0.122. The van der Waals surface area contributed by atoms with E-state index in [1.165, 1.54) is 0 Å². The van der Waals surface area contributed by atoms with Crippen molar-refractivity contribution in [2.24, 2.45) is 0 Å². The van der Waals surface area contributed by atoms with Crippen molar-refractivity contribution in [3.8, 4) is 11.8 Å². The Morgan fingerprint density at radius 3 is 3.16 bits per heavy atom. The Hall–Kier alpha value is -1.35. The number of hydrogen-bond donors (Lipinski definition) is 2. The smallest absolute Gasteiger partial charge is 0.222 e. The van der Waals surface area contributed by atoms with E-state index in [2.05, 4.69) is 17.2 Å². The lowest BCUT2D eigenvalue weighted by Gasteiger charge is -2.03. The molecule has 0 unspecified atom stereocenters. The van der Waals surface area contributed by atoms with Crippen molar-refractivity contribution in [2.45, 2.75) is 26.3 Å². The zero-order valence-electron chi connectivity index (χ0n) is 11.1. The van der Waals surface area contributed by atoms with Crippen LogP contribution in [0.25, 0.3) is 0 Å². The summed E-state index contributed by atoms with van der Waals surface area (Å²) in [5.41, 5.74) is 0.928. The number of rotatable bonds is 7. The van der Waals surface area contributed by atoms with Gasteiger partial charge >= 0.3 is 0 Å². The summed E-state index contributed by atoms with van der Waals surface area (Å²) in [5, 5.41) is 13.4. The highest BCUT2D eigenvalue weighted by Gasteiger charge is 2.02. The van der Waals surface area contributed by atoms with Gasteiger partial charge in [-0.1, -0.05) is 11.8 Å². The SMILES string of the molecule is CCOCCC(=O)NCc1cc(C#CCCO)cs1. The highest BCUT2D eigenvalue weighted by molar-refractivity contribution is 7.10. The molecular weight excluding hydrogens is 262 g/mol. The monoisotopic (exact) mass is 281 g/mol. The first-order chi connectivity index (χ1) is 9.26. The third-order valence-electron chi connectivity index (χ3n) is 2.26. The molecule has 1 aromatic rings. The highest BCUT2D eigenvalue weighted by Crippen LogP contribution is 2.13. The highest BCUT2D eigenvalue weighted by atomic mass is 32.1. The standard InChI is InChI=1S/C14H19NO3S/c1-2-18-8-6-14(17)15-10-13-9-12(11-19-13)5-3-4-7-16/h9,11,16H,2,4,6-8,10H2,1H3,(H,15,17). The van der Waals surface area contributed by atoms with E-state index >= 15 is 0 Å². The van der Waals surface area contributed by atoms with E-state index in [1.807, 2.05) is 18.4 Å². The molecular formula is C14H19NO3S. The minimum atomic E-state index is -0.00485. The lowest BCUT2D eigenvalue weighted by Crippen LogP contribution is -2.23. The Bertz CT molecular complexity index is 445. The Labute approximate surface area is 117 Å². The van der Waals surface area contributed by atoms with Crippen LogP contribution in [0.1, 0.15) is 30.2 Å². The van der Waals surface area contributed by atoms with Crippen LogP contribution in [0, 0.1) is 11.8 Å². The van der Waals surface area contributed by atoms with Crippen molar-refractivity contribution in [1.82, 2.24) is 5.32 Å². The fourth-order valence-corrected chi connectivity index (χ4v) is 2.10. The summed E-state index contributed by atoms with van der Waals surface area (Å²) in [6.07, 6.45) is 0.877. The summed E-state index contributed by atoms with van der Waals surface area (Å²) >= 11 is 1.57. The molecule has 0 atom stereocenters. The average Bonchev–Trinajstić information content (AvgIpc) is 2.85. The Kier molecular flexibility index (Phi) is 7.91. The van der Waals surface area contributed by atoms with Crippen molar-refractivity contribution < 1.29 is 14.6 Å².